The number of benzene rings is 2. The van der Waals surface area contributed by atoms with E-state index in [0.717, 1.165) is 11.3 Å². The number of hydrogen-bond donors (Lipinski definition) is 2. The van der Waals surface area contributed by atoms with Crippen molar-refractivity contribution in [1.29, 1.82) is 0 Å². The third-order valence-corrected chi connectivity index (χ3v) is 3.10. The molecule has 0 saturated heterocycles. The third-order valence-electron chi connectivity index (χ3n) is 3.10. The second-order valence-electron chi connectivity index (χ2n) is 4.40. The summed E-state index contributed by atoms with van der Waals surface area (Å²) in [6, 6.07) is 13.7. The van der Waals surface area contributed by atoms with E-state index in [1.165, 1.54) is 12.1 Å². The van der Waals surface area contributed by atoms with Crippen LogP contribution in [0.4, 0.5) is 0 Å². The number of phenols is 2. The molecule has 2 N–H and O–H groups in total. The standard InChI is InChI=1S/C16H12O4/c1-19-12-4-2-10(3-5-12)15-7-6-13-14(18)8-11(17)9-16(13)20-15/h2-9H,1H3,(H-,17,18)/p+1. The van der Waals surface area contributed by atoms with Crippen LogP contribution in [0, 0.1) is 0 Å². The molecule has 0 amide bonds. The molecular formula is C16H13O4+. The van der Waals surface area contributed by atoms with Crippen LogP contribution in [0.2, 0.25) is 0 Å². The molecule has 0 bridgehead atoms. The number of phenolic OH excluding ortho intramolecular Hbond substituents is 2. The molecule has 0 fully saturated rings. The van der Waals surface area contributed by atoms with Crippen molar-refractivity contribution in [2.24, 2.45) is 0 Å². The fourth-order valence-electron chi connectivity index (χ4n) is 2.07. The Bertz CT molecular complexity index is 763. The van der Waals surface area contributed by atoms with E-state index in [4.69, 9.17) is 9.15 Å². The zero-order chi connectivity index (χ0) is 14.1. The van der Waals surface area contributed by atoms with Crippen molar-refractivity contribution in [3.8, 4) is 28.6 Å². The number of aromatic hydroxyl groups is 2. The molecule has 0 aliphatic heterocycles. The smallest absolute Gasteiger partial charge is 0.368 e. The average molecular weight is 269 g/mol. The van der Waals surface area contributed by atoms with Gasteiger partial charge in [0.25, 0.3) is 0 Å². The van der Waals surface area contributed by atoms with Crippen molar-refractivity contribution in [3.63, 3.8) is 0 Å². The first-order valence-corrected chi connectivity index (χ1v) is 6.10. The van der Waals surface area contributed by atoms with Crippen LogP contribution in [0.3, 0.4) is 0 Å². The van der Waals surface area contributed by atoms with E-state index in [1.807, 2.05) is 24.3 Å². The highest BCUT2D eigenvalue weighted by Gasteiger charge is 2.17. The van der Waals surface area contributed by atoms with Gasteiger partial charge in [-0.3, -0.25) is 0 Å². The molecule has 3 rings (SSSR count). The van der Waals surface area contributed by atoms with E-state index in [2.05, 4.69) is 0 Å². The molecule has 0 spiro atoms. The number of hydrogen-bond acceptors (Lipinski definition) is 3. The lowest BCUT2D eigenvalue weighted by molar-refractivity contribution is 0.415. The Morgan fingerprint density at radius 2 is 1.70 bits per heavy atom. The maximum absolute atomic E-state index is 9.75. The highest BCUT2D eigenvalue weighted by molar-refractivity contribution is 5.86. The number of methoxy groups -OCH3 is 1. The van der Waals surface area contributed by atoms with Gasteiger partial charge < -0.3 is 14.9 Å². The van der Waals surface area contributed by atoms with Gasteiger partial charge in [-0.05, 0) is 30.3 Å². The second-order valence-corrected chi connectivity index (χ2v) is 4.40. The van der Waals surface area contributed by atoms with Gasteiger partial charge in [-0.2, -0.15) is 0 Å². The summed E-state index contributed by atoms with van der Waals surface area (Å²) in [5, 5.41) is 19.8. The number of ether oxygens (including phenoxy) is 1. The van der Waals surface area contributed by atoms with Gasteiger partial charge in [0.1, 0.15) is 22.6 Å². The van der Waals surface area contributed by atoms with Gasteiger partial charge in [-0.25, -0.2) is 4.42 Å². The lowest BCUT2D eigenvalue weighted by atomic mass is 10.1. The van der Waals surface area contributed by atoms with Gasteiger partial charge in [0, 0.05) is 12.1 Å². The topological polar surface area (TPSA) is 61.0 Å². The summed E-state index contributed by atoms with van der Waals surface area (Å²) in [6.07, 6.45) is 0. The summed E-state index contributed by atoms with van der Waals surface area (Å²) in [5.41, 5.74) is 1.31. The molecule has 0 aliphatic carbocycles. The molecular weight excluding hydrogens is 256 g/mol. The van der Waals surface area contributed by atoms with E-state index in [-0.39, 0.29) is 11.5 Å². The molecule has 4 heteroatoms. The molecule has 100 valence electrons. The summed E-state index contributed by atoms with van der Waals surface area (Å²) in [5.74, 6) is 1.37. The first-order chi connectivity index (χ1) is 9.67. The molecule has 20 heavy (non-hydrogen) atoms. The van der Waals surface area contributed by atoms with Crippen LogP contribution in [-0.4, -0.2) is 17.3 Å². The van der Waals surface area contributed by atoms with Crippen LogP contribution in [0.1, 0.15) is 0 Å². The maximum Gasteiger partial charge on any atom is 0.368 e. The van der Waals surface area contributed by atoms with Crippen LogP contribution < -0.4 is 4.74 Å². The number of fused-ring (bicyclic) bond motifs is 1. The summed E-state index contributed by atoms with van der Waals surface area (Å²) in [7, 11) is 1.61. The summed E-state index contributed by atoms with van der Waals surface area (Å²) in [6.45, 7) is 0. The Morgan fingerprint density at radius 3 is 2.40 bits per heavy atom. The van der Waals surface area contributed by atoms with Gasteiger partial charge in [0.05, 0.1) is 18.7 Å². The Labute approximate surface area is 115 Å². The predicted molar refractivity (Wildman–Crippen MR) is 75.9 cm³/mol. The Kier molecular flexibility index (Phi) is 2.91. The van der Waals surface area contributed by atoms with Gasteiger partial charge in [0.15, 0.2) is 0 Å². The Morgan fingerprint density at radius 1 is 0.950 bits per heavy atom. The molecule has 0 atom stereocenters. The average Bonchev–Trinajstić information content (AvgIpc) is 2.46. The summed E-state index contributed by atoms with van der Waals surface area (Å²) in [4.78, 5) is 0. The molecule has 1 heterocycles. The van der Waals surface area contributed by atoms with Gasteiger partial charge >= 0.3 is 11.3 Å². The van der Waals surface area contributed by atoms with Crippen LogP contribution in [0.5, 0.6) is 17.2 Å². The largest absolute Gasteiger partial charge is 0.507 e. The van der Waals surface area contributed by atoms with E-state index in [0.29, 0.717) is 16.7 Å². The van der Waals surface area contributed by atoms with Crippen LogP contribution in [0.15, 0.2) is 52.9 Å². The van der Waals surface area contributed by atoms with E-state index < -0.39 is 0 Å². The minimum absolute atomic E-state index is 0.00923. The summed E-state index contributed by atoms with van der Waals surface area (Å²) < 4.78 is 10.8. The molecule has 0 aliphatic rings. The first kappa shape index (κ1) is 12.3. The van der Waals surface area contributed by atoms with Crippen LogP contribution in [-0.2, 0) is 0 Å². The van der Waals surface area contributed by atoms with Crippen molar-refractivity contribution in [2.45, 2.75) is 0 Å². The van der Waals surface area contributed by atoms with Gasteiger partial charge in [-0.1, -0.05) is 0 Å². The zero-order valence-electron chi connectivity index (χ0n) is 10.8. The minimum atomic E-state index is -0.0365. The number of rotatable bonds is 2. The summed E-state index contributed by atoms with van der Waals surface area (Å²) >= 11 is 0. The first-order valence-electron chi connectivity index (χ1n) is 6.10. The monoisotopic (exact) mass is 269 g/mol. The molecule has 4 nitrogen and oxygen atoms in total. The quantitative estimate of drug-likeness (QED) is 0.695. The molecule has 0 saturated carbocycles. The Balaban J connectivity index is 2.12. The Hall–Kier alpha value is -2.75. The highest BCUT2D eigenvalue weighted by atomic mass is 16.5. The maximum atomic E-state index is 9.75. The minimum Gasteiger partial charge on any atom is -0.507 e. The van der Waals surface area contributed by atoms with Crippen molar-refractivity contribution in [2.75, 3.05) is 7.11 Å². The molecule has 1 aromatic heterocycles. The molecule has 3 aromatic rings. The lowest BCUT2D eigenvalue weighted by Gasteiger charge is -1.99. The van der Waals surface area contributed by atoms with Gasteiger partial charge in [-0.15, -0.1) is 0 Å². The van der Waals surface area contributed by atoms with Crippen molar-refractivity contribution in [3.05, 3.63) is 48.5 Å². The van der Waals surface area contributed by atoms with Gasteiger partial charge in [0.2, 0.25) is 0 Å². The van der Waals surface area contributed by atoms with Crippen molar-refractivity contribution < 1.29 is 19.4 Å². The SMILES string of the molecule is COc1ccc(-c2ccc3c(O)cc(O)cc3[o+]2)cc1. The molecule has 0 unspecified atom stereocenters. The molecule has 0 radical (unpaired) electrons. The fourth-order valence-corrected chi connectivity index (χ4v) is 2.07. The van der Waals surface area contributed by atoms with E-state index >= 15 is 0 Å². The zero-order valence-corrected chi connectivity index (χ0v) is 10.8. The van der Waals surface area contributed by atoms with E-state index in [9.17, 15) is 10.2 Å². The lowest BCUT2D eigenvalue weighted by Crippen LogP contribution is -1.83. The highest BCUT2D eigenvalue weighted by Crippen LogP contribution is 2.33. The normalized spacial score (nSPS) is 10.7. The van der Waals surface area contributed by atoms with Crippen molar-refractivity contribution in [1.82, 2.24) is 0 Å². The second kappa shape index (κ2) is 4.74. The molecule has 2 aromatic carbocycles. The van der Waals surface area contributed by atoms with Crippen LogP contribution in [0.25, 0.3) is 22.3 Å². The third kappa shape index (κ3) is 2.12. The van der Waals surface area contributed by atoms with E-state index in [1.54, 1.807) is 19.2 Å². The fraction of sp³-hybridized carbons (Fsp3) is 0.0625. The van der Waals surface area contributed by atoms with Crippen LogP contribution >= 0.6 is 0 Å². The predicted octanol–water partition coefficient (Wildman–Crippen LogP) is 3.80. The van der Waals surface area contributed by atoms with Crippen molar-refractivity contribution >= 4 is 11.0 Å².